The molecule has 1 heterocycles. The van der Waals surface area contributed by atoms with Crippen molar-refractivity contribution in [1.29, 1.82) is 0 Å². The molecule has 1 N–H and O–H groups in total. The van der Waals surface area contributed by atoms with Gasteiger partial charge in [0.15, 0.2) is 0 Å². The molecule has 17 heavy (non-hydrogen) atoms. The summed E-state index contributed by atoms with van der Waals surface area (Å²) in [7, 11) is 0. The van der Waals surface area contributed by atoms with Crippen molar-refractivity contribution in [3.63, 3.8) is 0 Å². The maximum atomic E-state index is 12.2. The van der Waals surface area contributed by atoms with Crippen molar-refractivity contribution in [2.24, 2.45) is 0 Å². The summed E-state index contributed by atoms with van der Waals surface area (Å²) in [5, 5.41) is 10.1. The Morgan fingerprint density at radius 2 is 2.00 bits per heavy atom. The molecule has 0 bridgehead atoms. The van der Waals surface area contributed by atoms with E-state index < -0.39 is 0 Å². The molecular weight excluding hydrogens is 261 g/mol. The number of carbonyl (C=O) groups is 1. The van der Waals surface area contributed by atoms with Gasteiger partial charge in [-0.2, -0.15) is 0 Å². The number of halogens is 2. The second-order valence-corrected chi connectivity index (χ2v) is 5.01. The topological polar surface area (TPSA) is 40.5 Å². The zero-order valence-electron chi connectivity index (χ0n) is 9.20. The van der Waals surface area contributed by atoms with Gasteiger partial charge in [-0.25, -0.2) is 0 Å². The molecular formula is C12H13Cl2NO2. The number of amides is 1. The summed E-state index contributed by atoms with van der Waals surface area (Å²) in [6.45, 7) is 0.675. The molecule has 3 nitrogen and oxygen atoms in total. The Morgan fingerprint density at radius 3 is 2.59 bits per heavy atom. The largest absolute Gasteiger partial charge is 0.394 e. The number of benzene rings is 1. The first kappa shape index (κ1) is 12.7. The van der Waals surface area contributed by atoms with Crippen LogP contribution in [0.25, 0.3) is 0 Å². The molecule has 0 radical (unpaired) electrons. The van der Waals surface area contributed by atoms with Crippen LogP contribution in [0.3, 0.4) is 0 Å². The quantitative estimate of drug-likeness (QED) is 0.900. The zero-order chi connectivity index (χ0) is 12.4. The van der Waals surface area contributed by atoms with E-state index in [-0.39, 0.29) is 18.6 Å². The van der Waals surface area contributed by atoms with Crippen molar-refractivity contribution in [3.8, 4) is 0 Å². The summed E-state index contributed by atoms with van der Waals surface area (Å²) in [5.41, 5.74) is 0.475. The van der Waals surface area contributed by atoms with Crippen LogP contribution in [0.2, 0.25) is 10.0 Å². The van der Waals surface area contributed by atoms with Crippen molar-refractivity contribution in [3.05, 3.63) is 33.8 Å². The van der Waals surface area contributed by atoms with Gasteiger partial charge < -0.3 is 10.0 Å². The Morgan fingerprint density at radius 1 is 1.35 bits per heavy atom. The number of likely N-dealkylation sites (tertiary alicyclic amines) is 1. The number of hydrogen-bond acceptors (Lipinski definition) is 2. The molecule has 0 spiro atoms. The van der Waals surface area contributed by atoms with Crippen LogP contribution in [0, 0.1) is 0 Å². The van der Waals surface area contributed by atoms with Gasteiger partial charge in [0.05, 0.1) is 12.6 Å². The summed E-state index contributed by atoms with van der Waals surface area (Å²) in [5.74, 6) is -0.119. The molecule has 92 valence electrons. The molecule has 1 unspecified atom stereocenters. The Balaban J connectivity index is 2.24. The lowest BCUT2D eigenvalue weighted by molar-refractivity contribution is 0.0677. The molecule has 0 aromatic heterocycles. The van der Waals surface area contributed by atoms with Crippen LogP contribution in [0.15, 0.2) is 18.2 Å². The number of aliphatic hydroxyl groups excluding tert-OH is 1. The number of nitrogens with zero attached hydrogens (tertiary/aromatic N) is 1. The highest BCUT2D eigenvalue weighted by Crippen LogP contribution is 2.24. The van der Waals surface area contributed by atoms with Crippen LogP contribution >= 0.6 is 23.2 Å². The fourth-order valence-corrected chi connectivity index (χ4v) is 2.66. The molecule has 0 saturated carbocycles. The molecule has 1 fully saturated rings. The van der Waals surface area contributed by atoms with E-state index in [9.17, 15) is 9.90 Å². The highest BCUT2D eigenvalue weighted by molar-refractivity contribution is 6.35. The minimum Gasteiger partial charge on any atom is -0.394 e. The third-order valence-electron chi connectivity index (χ3n) is 2.96. The highest BCUT2D eigenvalue weighted by atomic mass is 35.5. The zero-order valence-corrected chi connectivity index (χ0v) is 10.7. The van der Waals surface area contributed by atoms with Crippen molar-refractivity contribution < 1.29 is 9.90 Å². The lowest BCUT2D eigenvalue weighted by Crippen LogP contribution is -2.37. The van der Waals surface area contributed by atoms with Gasteiger partial charge in [-0.1, -0.05) is 23.2 Å². The van der Waals surface area contributed by atoms with E-state index in [1.807, 2.05) is 0 Å². The second kappa shape index (κ2) is 5.25. The van der Waals surface area contributed by atoms with Crippen LogP contribution in [-0.2, 0) is 0 Å². The summed E-state index contributed by atoms with van der Waals surface area (Å²) >= 11 is 11.7. The Kier molecular flexibility index (Phi) is 3.92. The van der Waals surface area contributed by atoms with E-state index in [0.717, 1.165) is 12.8 Å². The summed E-state index contributed by atoms with van der Waals surface area (Å²) in [4.78, 5) is 13.9. The number of carbonyl (C=O) groups excluding carboxylic acids is 1. The van der Waals surface area contributed by atoms with Gasteiger partial charge in [0.1, 0.15) is 0 Å². The summed E-state index contributed by atoms with van der Waals surface area (Å²) < 4.78 is 0. The summed E-state index contributed by atoms with van der Waals surface area (Å²) in [6.07, 6.45) is 1.77. The smallest absolute Gasteiger partial charge is 0.254 e. The van der Waals surface area contributed by atoms with Crippen LogP contribution < -0.4 is 0 Å². The van der Waals surface area contributed by atoms with Gasteiger partial charge in [0.25, 0.3) is 5.91 Å². The van der Waals surface area contributed by atoms with Crippen LogP contribution in [0.5, 0.6) is 0 Å². The van der Waals surface area contributed by atoms with E-state index in [0.29, 0.717) is 22.2 Å². The summed E-state index contributed by atoms with van der Waals surface area (Å²) in [6, 6.07) is 4.71. The first-order valence-electron chi connectivity index (χ1n) is 5.49. The van der Waals surface area contributed by atoms with Gasteiger partial charge in [0, 0.05) is 22.2 Å². The van der Waals surface area contributed by atoms with Crippen molar-refractivity contribution in [2.75, 3.05) is 13.2 Å². The van der Waals surface area contributed by atoms with Gasteiger partial charge in [-0.05, 0) is 31.0 Å². The predicted octanol–water partition coefficient (Wildman–Crippen LogP) is 2.59. The van der Waals surface area contributed by atoms with E-state index in [4.69, 9.17) is 23.2 Å². The van der Waals surface area contributed by atoms with E-state index in [2.05, 4.69) is 0 Å². The van der Waals surface area contributed by atoms with E-state index in [1.54, 1.807) is 23.1 Å². The molecule has 1 aliphatic heterocycles. The number of rotatable bonds is 2. The third kappa shape index (κ3) is 2.73. The molecule has 1 saturated heterocycles. The lowest BCUT2D eigenvalue weighted by Gasteiger charge is -2.23. The van der Waals surface area contributed by atoms with Gasteiger partial charge >= 0.3 is 0 Å². The van der Waals surface area contributed by atoms with Crippen molar-refractivity contribution >= 4 is 29.1 Å². The van der Waals surface area contributed by atoms with Crippen LogP contribution in [0.4, 0.5) is 0 Å². The maximum absolute atomic E-state index is 12.2. The van der Waals surface area contributed by atoms with Crippen molar-refractivity contribution in [1.82, 2.24) is 4.90 Å². The molecule has 1 aromatic carbocycles. The molecule has 1 amide bonds. The first-order chi connectivity index (χ1) is 8.11. The average molecular weight is 274 g/mol. The van der Waals surface area contributed by atoms with Crippen LogP contribution in [0.1, 0.15) is 23.2 Å². The van der Waals surface area contributed by atoms with Gasteiger partial charge in [-0.3, -0.25) is 4.79 Å². The normalized spacial score (nSPS) is 19.7. The number of aliphatic hydroxyl groups is 1. The fourth-order valence-electron chi connectivity index (χ4n) is 2.14. The van der Waals surface area contributed by atoms with Crippen LogP contribution in [-0.4, -0.2) is 35.1 Å². The minimum atomic E-state index is -0.119. The maximum Gasteiger partial charge on any atom is 0.254 e. The SMILES string of the molecule is O=C(c1cc(Cl)cc(Cl)c1)N1CCCC1CO. The molecule has 1 atom stereocenters. The van der Waals surface area contributed by atoms with Gasteiger partial charge in [-0.15, -0.1) is 0 Å². The Labute approximate surface area is 110 Å². The fraction of sp³-hybridized carbons (Fsp3) is 0.417. The monoisotopic (exact) mass is 273 g/mol. The second-order valence-electron chi connectivity index (χ2n) is 4.14. The highest BCUT2D eigenvalue weighted by Gasteiger charge is 2.28. The molecule has 1 aliphatic rings. The minimum absolute atomic E-state index is 0.0000376. The van der Waals surface area contributed by atoms with E-state index >= 15 is 0 Å². The molecule has 1 aromatic rings. The Bertz CT molecular complexity index is 416. The van der Waals surface area contributed by atoms with Crippen molar-refractivity contribution in [2.45, 2.75) is 18.9 Å². The Hall–Kier alpha value is -0.770. The number of hydrogen-bond donors (Lipinski definition) is 1. The standard InChI is InChI=1S/C12H13Cl2NO2/c13-9-4-8(5-10(14)6-9)12(17)15-3-1-2-11(15)7-16/h4-6,11,16H,1-3,7H2. The molecule has 2 rings (SSSR count). The third-order valence-corrected chi connectivity index (χ3v) is 3.39. The lowest BCUT2D eigenvalue weighted by atomic mass is 10.1. The van der Waals surface area contributed by atoms with E-state index in [1.165, 1.54) is 0 Å². The molecule has 5 heteroatoms. The first-order valence-corrected chi connectivity index (χ1v) is 6.25. The average Bonchev–Trinajstić information content (AvgIpc) is 2.74. The van der Waals surface area contributed by atoms with Gasteiger partial charge in [0.2, 0.25) is 0 Å². The molecule has 0 aliphatic carbocycles. The predicted molar refractivity (Wildman–Crippen MR) is 67.6 cm³/mol.